The van der Waals surface area contributed by atoms with Crippen LogP contribution in [0.25, 0.3) is 22.2 Å². The molecule has 0 saturated heterocycles. The maximum atomic E-state index is 11.4. The maximum Gasteiger partial charge on any atom is 0.248 e. The quantitative estimate of drug-likeness (QED) is 0.723. The van der Waals surface area contributed by atoms with Gasteiger partial charge in [0.25, 0.3) is 0 Å². The minimum atomic E-state index is -0.108. The van der Waals surface area contributed by atoms with Gasteiger partial charge in [0.15, 0.2) is 0 Å². The van der Waals surface area contributed by atoms with Gasteiger partial charge in [-0.1, -0.05) is 0 Å². The highest BCUT2D eigenvalue weighted by Gasteiger charge is 2.09. The molecule has 0 aliphatic carbocycles. The molecule has 0 radical (unpaired) electrons. The number of pyridine rings is 3. The fourth-order valence-corrected chi connectivity index (χ4v) is 2.24. The molecule has 0 unspecified atom stereocenters. The summed E-state index contributed by atoms with van der Waals surface area (Å²) in [6.07, 6.45) is 1.70. The van der Waals surface area contributed by atoms with Crippen molar-refractivity contribution in [3.05, 3.63) is 58.3 Å². The molecule has 3 aromatic heterocycles. The van der Waals surface area contributed by atoms with Crippen molar-refractivity contribution in [3.63, 3.8) is 0 Å². The normalized spacial score (nSPS) is 10.8. The van der Waals surface area contributed by atoms with Crippen molar-refractivity contribution in [2.75, 3.05) is 0 Å². The van der Waals surface area contributed by atoms with Crippen molar-refractivity contribution in [1.82, 2.24) is 15.0 Å². The van der Waals surface area contributed by atoms with E-state index in [0.717, 1.165) is 33.5 Å². The van der Waals surface area contributed by atoms with Crippen LogP contribution in [0.4, 0.5) is 0 Å². The summed E-state index contributed by atoms with van der Waals surface area (Å²) >= 11 is 0. The average molecular weight is 251 g/mol. The van der Waals surface area contributed by atoms with Crippen molar-refractivity contribution < 1.29 is 0 Å². The van der Waals surface area contributed by atoms with Crippen LogP contribution in [-0.4, -0.2) is 15.0 Å². The third kappa shape index (κ3) is 2.01. The van der Waals surface area contributed by atoms with Gasteiger partial charge < -0.3 is 4.98 Å². The topological polar surface area (TPSA) is 58.6 Å². The number of aromatic nitrogens is 3. The van der Waals surface area contributed by atoms with Crippen molar-refractivity contribution in [2.24, 2.45) is 0 Å². The minimum absolute atomic E-state index is 0.108. The fourth-order valence-electron chi connectivity index (χ4n) is 2.24. The molecule has 94 valence electrons. The highest BCUT2D eigenvalue weighted by Crippen LogP contribution is 2.26. The van der Waals surface area contributed by atoms with Crippen LogP contribution in [0, 0.1) is 13.8 Å². The van der Waals surface area contributed by atoms with E-state index in [4.69, 9.17) is 0 Å². The van der Waals surface area contributed by atoms with Crippen molar-refractivity contribution in [2.45, 2.75) is 13.8 Å². The highest BCUT2D eigenvalue weighted by atomic mass is 16.1. The van der Waals surface area contributed by atoms with E-state index in [2.05, 4.69) is 15.0 Å². The maximum absolute atomic E-state index is 11.4. The Hall–Kier alpha value is -2.49. The van der Waals surface area contributed by atoms with Crippen LogP contribution >= 0.6 is 0 Å². The van der Waals surface area contributed by atoms with Gasteiger partial charge in [-0.25, -0.2) is 0 Å². The zero-order valence-corrected chi connectivity index (χ0v) is 10.8. The molecule has 0 spiro atoms. The fraction of sp³-hybridized carbons (Fsp3) is 0.133. The molecule has 1 N–H and O–H groups in total. The number of H-pyrrole nitrogens is 1. The Morgan fingerprint density at radius 3 is 2.68 bits per heavy atom. The van der Waals surface area contributed by atoms with E-state index in [1.807, 2.05) is 26.0 Å². The first-order valence-corrected chi connectivity index (χ1v) is 6.08. The van der Waals surface area contributed by atoms with Gasteiger partial charge in [-0.3, -0.25) is 14.8 Å². The van der Waals surface area contributed by atoms with Gasteiger partial charge in [-0.2, -0.15) is 0 Å². The summed E-state index contributed by atoms with van der Waals surface area (Å²) in [4.78, 5) is 23.1. The predicted octanol–water partition coefficient (Wildman–Crippen LogP) is 2.60. The Balaban J connectivity index is 2.33. The van der Waals surface area contributed by atoms with Gasteiger partial charge in [0, 0.05) is 34.6 Å². The van der Waals surface area contributed by atoms with Gasteiger partial charge in [0.2, 0.25) is 5.56 Å². The van der Waals surface area contributed by atoms with Gasteiger partial charge in [-0.15, -0.1) is 0 Å². The third-order valence-corrected chi connectivity index (χ3v) is 3.13. The highest BCUT2D eigenvalue weighted by molar-refractivity contribution is 5.92. The minimum Gasteiger partial charge on any atom is -0.322 e. The van der Waals surface area contributed by atoms with Gasteiger partial charge in [-0.05, 0) is 38.1 Å². The molecule has 3 rings (SSSR count). The van der Waals surface area contributed by atoms with Crippen LogP contribution in [0.2, 0.25) is 0 Å². The number of hydrogen-bond acceptors (Lipinski definition) is 3. The Labute approximate surface area is 110 Å². The van der Waals surface area contributed by atoms with Crippen LogP contribution in [0.5, 0.6) is 0 Å². The number of nitrogens with one attached hydrogen (secondary N) is 1. The Morgan fingerprint density at radius 2 is 1.89 bits per heavy atom. The molecule has 4 nitrogen and oxygen atoms in total. The van der Waals surface area contributed by atoms with Gasteiger partial charge in [0.1, 0.15) is 0 Å². The summed E-state index contributed by atoms with van der Waals surface area (Å²) in [5.41, 5.74) is 4.43. The zero-order valence-electron chi connectivity index (χ0n) is 10.8. The number of nitrogens with zero attached hydrogens (tertiary/aromatic N) is 2. The molecule has 3 aromatic rings. The molecule has 19 heavy (non-hydrogen) atoms. The first-order valence-electron chi connectivity index (χ1n) is 6.08. The monoisotopic (exact) mass is 251 g/mol. The van der Waals surface area contributed by atoms with Gasteiger partial charge >= 0.3 is 0 Å². The predicted molar refractivity (Wildman–Crippen MR) is 75.1 cm³/mol. The summed E-state index contributed by atoms with van der Waals surface area (Å²) in [6, 6.07) is 9.11. The number of aryl methyl sites for hydroxylation is 2. The lowest BCUT2D eigenvalue weighted by Crippen LogP contribution is -2.03. The molecule has 0 aromatic carbocycles. The third-order valence-electron chi connectivity index (χ3n) is 3.13. The molecule has 3 heterocycles. The molecule has 0 aliphatic heterocycles. The Kier molecular flexibility index (Phi) is 2.63. The van der Waals surface area contributed by atoms with E-state index in [-0.39, 0.29) is 5.56 Å². The molecule has 0 bridgehead atoms. The molecule has 0 aliphatic rings. The smallest absolute Gasteiger partial charge is 0.248 e. The first-order chi connectivity index (χ1) is 9.15. The van der Waals surface area contributed by atoms with E-state index in [0.29, 0.717) is 0 Å². The summed E-state index contributed by atoms with van der Waals surface area (Å²) < 4.78 is 0. The SMILES string of the molecule is Cc1ccc(-c2nccc3[nH]c(=O)ccc23)c(C)n1. The molecule has 0 atom stereocenters. The summed E-state index contributed by atoms with van der Waals surface area (Å²) in [5.74, 6) is 0. The molecule has 0 amide bonds. The van der Waals surface area contributed by atoms with E-state index >= 15 is 0 Å². The van der Waals surface area contributed by atoms with E-state index in [1.165, 1.54) is 6.07 Å². The van der Waals surface area contributed by atoms with E-state index in [1.54, 1.807) is 18.3 Å². The van der Waals surface area contributed by atoms with Crippen molar-refractivity contribution in [3.8, 4) is 11.3 Å². The largest absolute Gasteiger partial charge is 0.322 e. The Bertz CT molecular complexity index is 821. The number of hydrogen-bond donors (Lipinski definition) is 1. The second-order valence-corrected chi connectivity index (χ2v) is 4.53. The van der Waals surface area contributed by atoms with Crippen molar-refractivity contribution >= 4 is 10.9 Å². The van der Waals surface area contributed by atoms with Crippen LogP contribution in [0.1, 0.15) is 11.4 Å². The lowest BCUT2D eigenvalue weighted by molar-refractivity contribution is 1.12. The van der Waals surface area contributed by atoms with Crippen molar-refractivity contribution in [1.29, 1.82) is 0 Å². The van der Waals surface area contributed by atoms with E-state index < -0.39 is 0 Å². The average Bonchev–Trinajstić information content (AvgIpc) is 2.38. The summed E-state index contributed by atoms with van der Waals surface area (Å²) in [6.45, 7) is 3.93. The zero-order chi connectivity index (χ0) is 13.4. The summed E-state index contributed by atoms with van der Waals surface area (Å²) in [7, 11) is 0. The Morgan fingerprint density at radius 1 is 1.05 bits per heavy atom. The van der Waals surface area contributed by atoms with E-state index in [9.17, 15) is 4.79 Å². The lowest BCUT2D eigenvalue weighted by Gasteiger charge is -2.08. The number of aromatic amines is 1. The van der Waals surface area contributed by atoms with Crippen LogP contribution in [0.15, 0.2) is 41.3 Å². The molecule has 4 heteroatoms. The first kappa shape index (κ1) is 11.6. The molecule has 0 saturated carbocycles. The summed E-state index contributed by atoms with van der Waals surface area (Å²) in [5, 5.41) is 0.927. The van der Waals surface area contributed by atoms with Crippen LogP contribution in [-0.2, 0) is 0 Å². The molecule has 0 fully saturated rings. The second-order valence-electron chi connectivity index (χ2n) is 4.53. The number of rotatable bonds is 1. The van der Waals surface area contributed by atoms with Gasteiger partial charge in [0.05, 0.1) is 11.2 Å². The number of fused-ring (bicyclic) bond motifs is 1. The van der Waals surface area contributed by atoms with Crippen LogP contribution < -0.4 is 5.56 Å². The standard InChI is InChI=1S/C15H13N3O/c1-9-3-4-11(10(2)17-9)15-12-5-6-14(19)18-13(12)7-8-16-15/h3-8H,1-2H3,(H,18,19). The van der Waals surface area contributed by atoms with Crippen LogP contribution in [0.3, 0.4) is 0 Å². The molecular weight excluding hydrogens is 238 g/mol. The second kappa shape index (κ2) is 4.31. The molecular formula is C15H13N3O. The lowest BCUT2D eigenvalue weighted by atomic mass is 10.1.